The zero-order chi connectivity index (χ0) is 14.6. The van der Waals surface area contributed by atoms with Crippen molar-refractivity contribution in [3.05, 3.63) is 71.2 Å². The van der Waals surface area contributed by atoms with Gasteiger partial charge < -0.3 is 4.42 Å². The number of allylic oxidation sites excluding steroid dienone is 2. The van der Waals surface area contributed by atoms with Gasteiger partial charge in [-0.15, -0.1) is 0 Å². The van der Waals surface area contributed by atoms with E-state index in [1.165, 1.54) is 5.56 Å². The number of aryl methyl sites for hydroxylation is 1. The molecule has 0 aliphatic heterocycles. The first-order valence-corrected chi connectivity index (χ1v) is 7.49. The maximum atomic E-state index is 11.7. The van der Waals surface area contributed by atoms with Crippen LogP contribution in [0.4, 0.5) is 0 Å². The van der Waals surface area contributed by atoms with Gasteiger partial charge in [-0.05, 0) is 43.7 Å². The number of carbonyl (C=O) groups is 1. The Hall–Kier alpha value is -2.09. The third-order valence-electron chi connectivity index (χ3n) is 5.12. The van der Waals surface area contributed by atoms with Crippen LogP contribution in [-0.2, 0) is 5.41 Å². The van der Waals surface area contributed by atoms with Gasteiger partial charge in [0.2, 0.25) is 0 Å². The second kappa shape index (κ2) is 4.20. The highest BCUT2D eigenvalue weighted by Gasteiger charge is 2.68. The Balaban J connectivity index is 1.88. The second-order valence-corrected chi connectivity index (χ2v) is 6.17. The molecule has 2 nitrogen and oxygen atoms in total. The normalized spacial score (nSPS) is 29.4. The molecular weight excluding hydrogens is 260 g/mol. The van der Waals surface area contributed by atoms with Gasteiger partial charge in [-0.3, -0.25) is 4.79 Å². The summed E-state index contributed by atoms with van der Waals surface area (Å²) in [5.41, 5.74) is 1.96. The van der Waals surface area contributed by atoms with E-state index >= 15 is 0 Å². The highest BCUT2D eigenvalue weighted by Crippen LogP contribution is 2.68. The van der Waals surface area contributed by atoms with Gasteiger partial charge in [-0.1, -0.05) is 42.5 Å². The van der Waals surface area contributed by atoms with Crippen molar-refractivity contribution in [1.82, 2.24) is 0 Å². The van der Waals surface area contributed by atoms with Gasteiger partial charge in [0.25, 0.3) is 0 Å². The highest BCUT2D eigenvalue weighted by molar-refractivity contribution is 5.95. The molecule has 21 heavy (non-hydrogen) atoms. The molecule has 1 aromatic heterocycles. The first-order chi connectivity index (χ1) is 10.2. The molecule has 1 heterocycles. The number of rotatable bonds is 3. The van der Waals surface area contributed by atoms with Crippen molar-refractivity contribution in [2.24, 2.45) is 11.8 Å². The maximum absolute atomic E-state index is 11.7. The van der Waals surface area contributed by atoms with Crippen molar-refractivity contribution in [2.45, 2.75) is 25.7 Å². The van der Waals surface area contributed by atoms with Crippen molar-refractivity contribution >= 4 is 5.78 Å². The Morgan fingerprint density at radius 1 is 1.29 bits per heavy atom. The highest BCUT2D eigenvalue weighted by atomic mass is 16.3. The third-order valence-corrected chi connectivity index (χ3v) is 5.12. The minimum Gasteiger partial charge on any atom is -0.465 e. The minimum atomic E-state index is -0.0610. The van der Waals surface area contributed by atoms with Crippen LogP contribution in [0.15, 0.2) is 53.0 Å². The standard InChI is InChI=1S/C19H18O2/c1-12(20)15-11-18(21-13(15)2)19(14-7-4-3-5-8-14)16-9-6-10-17(16)19/h3-9,11,16-17H,10H2,1-2H3/t16-,17+,19+/m0/s1. The van der Waals surface area contributed by atoms with E-state index in [1.54, 1.807) is 6.92 Å². The van der Waals surface area contributed by atoms with Crippen LogP contribution in [0, 0.1) is 18.8 Å². The summed E-state index contributed by atoms with van der Waals surface area (Å²) in [6, 6.07) is 12.5. The lowest BCUT2D eigenvalue weighted by molar-refractivity contribution is 0.101. The van der Waals surface area contributed by atoms with Gasteiger partial charge in [-0.25, -0.2) is 0 Å². The fourth-order valence-electron chi connectivity index (χ4n) is 4.12. The molecular formula is C19H18O2. The molecule has 1 fully saturated rings. The average molecular weight is 278 g/mol. The number of ketones is 1. The van der Waals surface area contributed by atoms with E-state index in [2.05, 4.69) is 36.4 Å². The van der Waals surface area contributed by atoms with Crippen LogP contribution < -0.4 is 0 Å². The molecule has 0 amide bonds. The third kappa shape index (κ3) is 1.56. The number of hydrogen-bond acceptors (Lipinski definition) is 2. The Kier molecular flexibility index (Phi) is 2.53. The van der Waals surface area contributed by atoms with Crippen molar-refractivity contribution in [3.8, 4) is 0 Å². The number of benzene rings is 1. The lowest BCUT2D eigenvalue weighted by Gasteiger charge is -2.17. The first-order valence-electron chi connectivity index (χ1n) is 7.49. The van der Waals surface area contributed by atoms with Crippen LogP contribution >= 0.6 is 0 Å². The van der Waals surface area contributed by atoms with E-state index in [0.717, 1.165) is 17.9 Å². The van der Waals surface area contributed by atoms with Crippen molar-refractivity contribution in [2.75, 3.05) is 0 Å². The fourth-order valence-corrected chi connectivity index (χ4v) is 4.12. The zero-order valence-electron chi connectivity index (χ0n) is 12.3. The van der Waals surface area contributed by atoms with Crippen LogP contribution in [0.3, 0.4) is 0 Å². The van der Waals surface area contributed by atoms with E-state index in [-0.39, 0.29) is 11.2 Å². The summed E-state index contributed by atoms with van der Waals surface area (Å²) in [6.45, 7) is 3.48. The second-order valence-electron chi connectivity index (χ2n) is 6.17. The van der Waals surface area contributed by atoms with Crippen molar-refractivity contribution in [3.63, 3.8) is 0 Å². The van der Waals surface area contributed by atoms with Gasteiger partial charge in [0.05, 0.1) is 11.0 Å². The lowest BCUT2D eigenvalue weighted by atomic mass is 9.86. The number of hydrogen-bond donors (Lipinski definition) is 0. The van der Waals surface area contributed by atoms with Gasteiger partial charge in [0.15, 0.2) is 5.78 Å². The molecule has 0 bridgehead atoms. The molecule has 2 aliphatic rings. The quantitative estimate of drug-likeness (QED) is 0.619. The van der Waals surface area contributed by atoms with Gasteiger partial charge in [0, 0.05) is 0 Å². The molecule has 1 saturated carbocycles. The molecule has 0 unspecified atom stereocenters. The first kappa shape index (κ1) is 12.6. The Morgan fingerprint density at radius 3 is 2.62 bits per heavy atom. The molecule has 0 spiro atoms. The Bertz CT molecular complexity index is 738. The summed E-state index contributed by atoms with van der Waals surface area (Å²) < 4.78 is 6.04. The smallest absolute Gasteiger partial charge is 0.163 e. The monoisotopic (exact) mass is 278 g/mol. The Labute approximate surface area is 124 Å². The molecule has 2 aromatic rings. The van der Waals surface area contributed by atoms with Crippen LogP contribution in [0.25, 0.3) is 0 Å². The van der Waals surface area contributed by atoms with E-state index in [9.17, 15) is 4.79 Å². The maximum Gasteiger partial charge on any atom is 0.163 e. The molecule has 0 N–H and O–H groups in total. The number of furan rings is 1. The predicted molar refractivity (Wildman–Crippen MR) is 81.4 cm³/mol. The molecule has 4 rings (SSSR count). The largest absolute Gasteiger partial charge is 0.465 e. The summed E-state index contributed by atoms with van der Waals surface area (Å²) in [5, 5.41) is 0. The van der Waals surface area contributed by atoms with Gasteiger partial charge >= 0.3 is 0 Å². The summed E-state index contributed by atoms with van der Waals surface area (Å²) in [6.07, 6.45) is 5.66. The number of Topliss-reactive ketones (excluding diaryl/α,β-unsaturated/α-hetero) is 1. The Morgan fingerprint density at radius 2 is 2.05 bits per heavy atom. The molecule has 1 aromatic carbocycles. The van der Waals surface area contributed by atoms with Crippen molar-refractivity contribution in [1.29, 1.82) is 0 Å². The van der Waals surface area contributed by atoms with Crippen LogP contribution in [-0.4, -0.2) is 5.78 Å². The van der Waals surface area contributed by atoms with Crippen LogP contribution in [0.5, 0.6) is 0 Å². The van der Waals surface area contributed by atoms with E-state index in [1.807, 2.05) is 19.1 Å². The summed E-state index contributed by atoms with van der Waals surface area (Å²) in [7, 11) is 0. The SMILES string of the molecule is CC(=O)c1cc([C@@]2(c3ccccc3)[C@@H]3CC=C[C@@H]32)oc1C. The zero-order valence-corrected chi connectivity index (χ0v) is 12.3. The molecule has 3 atom stereocenters. The van der Waals surface area contributed by atoms with Gasteiger partial charge in [0.1, 0.15) is 11.5 Å². The minimum absolute atomic E-state index is 0.0610. The fraction of sp³-hybridized carbons (Fsp3) is 0.316. The number of carbonyl (C=O) groups excluding carboxylic acids is 1. The summed E-state index contributed by atoms with van der Waals surface area (Å²) in [4.78, 5) is 11.7. The lowest BCUT2D eigenvalue weighted by Crippen LogP contribution is -2.14. The molecule has 2 aliphatic carbocycles. The van der Waals surface area contributed by atoms with E-state index < -0.39 is 0 Å². The van der Waals surface area contributed by atoms with Crippen molar-refractivity contribution < 1.29 is 9.21 Å². The molecule has 0 radical (unpaired) electrons. The molecule has 0 saturated heterocycles. The van der Waals surface area contributed by atoms with E-state index in [0.29, 0.717) is 17.4 Å². The topological polar surface area (TPSA) is 30.2 Å². The molecule has 2 heteroatoms. The summed E-state index contributed by atoms with van der Waals surface area (Å²) >= 11 is 0. The average Bonchev–Trinajstić information content (AvgIpc) is 2.86. The molecule has 106 valence electrons. The van der Waals surface area contributed by atoms with Crippen LogP contribution in [0.1, 0.15) is 40.8 Å². The predicted octanol–water partition coefficient (Wildman–Crippen LogP) is 4.28. The summed E-state index contributed by atoms with van der Waals surface area (Å²) in [5.74, 6) is 2.85. The van der Waals surface area contributed by atoms with E-state index in [4.69, 9.17) is 4.42 Å². The van der Waals surface area contributed by atoms with Gasteiger partial charge in [-0.2, -0.15) is 0 Å². The van der Waals surface area contributed by atoms with Crippen LogP contribution in [0.2, 0.25) is 0 Å². The number of fused-ring (bicyclic) bond motifs is 1.